The van der Waals surface area contributed by atoms with Gasteiger partial charge in [0.25, 0.3) is 0 Å². The van der Waals surface area contributed by atoms with Gasteiger partial charge in [0.15, 0.2) is 0 Å². The van der Waals surface area contributed by atoms with E-state index in [9.17, 15) is 0 Å². The largest absolute Gasteiger partial charge is 0.355 e. The minimum absolute atomic E-state index is 0.431. The molecule has 1 aromatic heterocycles. The predicted octanol–water partition coefficient (Wildman–Crippen LogP) is 10.2. The molecule has 1 aliphatic carbocycles. The monoisotopic (exact) mass is 515 g/mol. The van der Waals surface area contributed by atoms with E-state index in [1.807, 2.05) is 11.3 Å². The van der Waals surface area contributed by atoms with E-state index in [0.717, 1.165) is 11.4 Å². The molecule has 39 heavy (non-hydrogen) atoms. The van der Waals surface area contributed by atoms with Crippen molar-refractivity contribution in [3.05, 3.63) is 168 Å². The van der Waals surface area contributed by atoms with Crippen LogP contribution in [0.1, 0.15) is 22.3 Å². The molecule has 0 atom stereocenters. The minimum Gasteiger partial charge on any atom is -0.355 e. The van der Waals surface area contributed by atoms with E-state index >= 15 is 0 Å². The summed E-state index contributed by atoms with van der Waals surface area (Å²) in [5, 5.41) is 6.49. The van der Waals surface area contributed by atoms with Crippen LogP contribution in [0, 0.1) is 0 Å². The van der Waals surface area contributed by atoms with Crippen LogP contribution in [0.4, 0.5) is 11.4 Å². The molecule has 8 rings (SSSR count). The summed E-state index contributed by atoms with van der Waals surface area (Å²) in [4.78, 5) is 0. The van der Waals surface area contributed by atoms with E-state index in [-0.39, 0.29) is 0 Å². The highest BCUT2D eigenvalue weighted by atomic mass is 32.1. The quantitative estimate of drug-likeness (QED) is 0.246. The average molecular weight is 516 g/mol. The van der Waals surface area contributed by atoms with Crippen molar-refractivity contribution in [2.45, 2.75) is 5.41 Å². The molecule has 0 fully saturated rings. The van der Waals surface area contributed by atoms with Gasteiger partial charge >= 0.3 is 0 Å². The van der Waals surface area contributed by atoms with Gasteiger partial charge in [-0.2, -0.15) is 0 Å². The maximum Gasteiger partial charge on any atom is 0.0733 e. The van der Waals surface area contributed by atoms with Gasteiger partial charge in [-0.1, -0.05) is 121 Å². The average Bonchev–Trinajstić information content (AvgIpc) is 3.52. The third-order valence-corrected chi connectivity index (χ3v) is 9.28. The van der Waals surface area contributed by atoms with Crippen molar-refractivity contribution in [1.82, 2.24) is 0 Å². The number of benzene rings is 6. The van der Waals surface area contributed by atoms with Gasteiger partial charge in [-0.15, -0.1) is 11.3 Å². The van der Waals surface area contributed by atoms with Crippen LogP contribution in [0.15, 0.2) is 146 Å². The number of hydrogen-bond acceptors (Lipinski definition) is 2. The fourth-order valence-electron chi connectivity index (χ4n) is 6.56. The molecule has 1 aliphatic rings. The van der Waals surface area contributed by atoms with Crippen LogP contribution in [0.3, 0.4) is 0 Å². The zero-order chi connectivity index (χ0) is 25.8. The highest BCUT2D eigenvalue weighted by Gasteiger charge is 2.46. The molecule has 0 radical (unpaired) electrons. The highest BCUT2D eigenvalue weighted by molar-refractivity contribution is 7.25. The van der Waals surface area contributed by atoms with Crippen LogP contribution in [0.2, 0.25) is 0 Å². The molecule has 0 unspecified atom stereocenters. The second kappa shape index (κ2) is 8.69. The number of thiophene rings is 1. The van der Waals surface area contributed by atoms with Gasteiger partial charge in [0.05, 0.1) is 5.41 Å². The highest BCUT2D eigenvalue weighted by Crippen LogP contribution is 2.57. The standard InChI is InChI=1S/C37H25NS/c1-2-12-25(13-3-1)37(31-17-7-4-14-27(31)28-15-5-8-18-32(28)37)33-19-9-10-20-34(33)38-26-22-23-30-29-16-6-11-21-35(29)39-36(30)24-26/h1-24,38H. The van der Waals surface area contributed by atoms with Crippen molar-refractivity contribution in [1.29, 1.82) is 0 Å². The molecule has 2 heteroatoms. The zero-order valence-electron chi connectivity index (χ0n) is 21.3. The van der Waals surface area contributed by atoms with Crippen molar-refractivity contribution in [2.75, 3.05) is 5.32 Å². The summed E-state index contributed by atoms with van der Waals surface area (Å²) < 4.78 is 2.63. The van der Waals surface area contributed by atoms with Crippen molar-refractivity contribution in [2.24, 2.45) is 0 Å². The van der Waals surface area contributed by atoms with Gasteiger partial charge in [-0.25, -0.2) is 0 Å². The summed E-state index contributed by atoms with van der Waals surface area (Å²) in [6.45, 7) is 0. The molecule has 6 aromatic carbocycles. The smallest absolute Gasteiger partial charge is 0.0733 e. The maximum atomic E-state index is 3.85. The van der Waals surface area contributed by atoms with Gasteiger partial charge in [0, 0.05) is 31.5 Å². The molecule has 184 valence electrons. The predicted molar refractivity (Wildman–Crippen MR) is 166 cm³/mol. The first-order valence-electron chi connectivity index (χ1n) is 13.4. The normalized spacial score (nSPS) is 13.3. The number of fused-ring (bicyclic) bond motifs is 6. The lowest BCUT2D eigenvalue weighted by atomic mass is 9.67. The number of hydrogen-bond donors (Lipinski definition) is 1. The summed E-state index contributed by atoms with van der Waals surface area (Å²) in [5.74, 6) is 0. The van der Waals surface area contributed by atoms with E-state index in [0.29, 0.717) is 0 Å². The summed E-state index contributed by atoms with van der Waals surface area (Å²) in [6, 6.07) is 53.0. The Hall–Kier alpha value is -4.66. The van der Waals surface area contributed by atoms with Crippen LogP contribution in [0.25, 0.3) is 31.3 Å². The van der Waals surface area contributed by atoms with Gasteiger partial charge in [0.2, 0.25) is 0 Å². The van der Waals surface area contributed by atoms with Crippen LogP contribution in [-0.4, -0.2) is 0 Å². The molecular weight excluding hydrogens is 490 g/mol. The molecule has 1 nitrogen and oxygen atoms in total. The maximum absolute atomic E-state index is 3.85. The SMILES string of the molecule is c1ccc(C2(c3ccccc3Nc3ccc4c(c3)sc3ccccc34)c3ccccc3-c3ccccc32)cc1. The van der Waals surface area contributed by atoms with Gasteiger partial charge in [0.1, 0.15) is 0 Å². The summed E-state index contributed by atoms with van der Waals surface area (Å²) in [7, 11) is 0. The van der Waals surface area contributed by atoms with Crippen molar-refractivity contribution < 1.29 is 0 Å². The van der Waals surface area contributed by atoms with Crippen LogP contribution in [0.5, 0.6) is 0 Å². The Morgan fingerprint density at radius 3 is 1.82 bits per heavy atom. The first-order chi connectivity index (χ1) is 19.3. The second-order valence-electron chi connectivity index (χ2n) is 10.2. The van der Waals surface area contributed by atoms with E-state index in [4.69, 9.17) is 0 Å². The topological polar surface area (TPSA) is 12.0 Å². The van der Waals surface area contributed by atoms with E-state index in [1.54, 1.807) is 0 Å². The Bertz CT molecular complexity index is 1950. The molecule has 1 heterocycles. The zero-order valence-corrected chi connectivity index (χ0v) is 22.1. The molecule has 0 aliphatic heterocycles. The Morgan fingerprint density at radius 1 is 0.462 bits per heavy atom. The Kier molecular flexibility index (Phi) is 4.98. The third kappa shape index (κ3) is 3.25. The second-order valence-corrected chi connectivity index (χ2v) is 11.3. The fourth-order valence-corrected chi connectivity index (χ4v) is 7.70. The van der Waals surface area contributed by atoms with Crippen LogP contribution < -0.4 is 5.32 Å². The summed E-state index contributed by atoms with van der Waals surface area (Å²) in [5.41, 5.74) is 9.58. The lowest BCUT2D eigenvalue weighted by Gasteiger charge is -2.35. The van der Waals surface area contributed by atoms with Crippen LogP contribution >= 0.6 is 11.3 Å². The molecular formula is C37H25NS. The Balaban J connectivity index is 1.36. The van der Waals surface area contributed by atoms with E-state index in [2.05, 4.69) is 151 Å². The first kappa shape index (κ1) is 22.3. The lowest BCUT2D eigenvalue weighted by molar-refractivity contribution is 0.771. The Morgan fingerprint density at radius 2 is 1.05 bits per heavy atom. The number of rotatable bonds is 4. The molecule has 0 saturated heterocycles. The molecule has 0 saturated carbocycles. The van der Waals surface area contributed by atoms with Crippen LogP contribution in [-0.2, 0) is 5.41 Å². The fraction of sp³-hybridized carbons (Fsp3) is 0.0270. The number of para-hydroxylation sites is 1. The van der Waals surface area contributed by atoms with Crippen molar-refractivity contribution in [3.8, 4) is 11.1 Å². The lowest BCUT2D eigenvalue weighted by Crippen LogP contribution is -2.29. The third-order valence-electron chi connectivity index (χ3n) is 8.15. The summed E-state index contributed by atoms with van der Waals surface area (Å²) >= 11 is 1.85. The molecule has 0 bridgehead atoms. The van der Waals surface area contributed by atoms with E-state index in [1.165, 1.54) is 53.6 Å². The minimum atomic E-state index is -0.431. The van der Waals surface area contributed by atoms with E-state index < -0.39 is 5.41 Å². The molecule has 1 N–H and O–H groups in total. The van der Waals surface area contributed by atoms with Gasteiger partial charge < -0.3 is 5.32 Å². The molecule has 7 aromatic rings. The van der Waals surface area contributed by atoms with Crippen molar-refractivity contribution in [3.63, 3.8) is 0 Å². The number of anilines is 2. The summed E-state index contributed by atoms with van der Waals surface area (Å²) in [6.07, 6.45) is 0. The number of nitrogens with one attached hydrogen (secondary N) is 1. The molecule has 0 amide bonds. The van der Waals surface area contributed by atoms with Crippen molar-refractivity contribution >= 4 is 42.9 Å². The first-order valence-corrected chi connectivity index (χ1v) is 14.2. The Labute approximate surface area is 232 Å². The van der Waals surface area contributed by atoms with Gasteiger partial charge in [-0.3, -0.25) is 0 Å². The molecule has 0 spiro atoms. The van der Waals surface area contributed by atoms with Gasteiger partial charge in [-0.05, 0) is 57.6 Å².